The third kappa shape index (κ3) is 4.60. The van der Waals surface area contributed by atoms with E-state index in [-0.39, 0.29) is 63.9 Å². The summed E-state index contributed by atoms with van der Waals surface area (Å²) in [4.78, 5) is 13.5. The van der Waals surface area contributed by atoms with Crippen LogP contribution in [0.3, 0.4) is 0 Å². The summed E-state index contributed by atoms with van der Waals surface area (Å²) in [5.74, 6) is -2.74. The topological polar surface area (TPSA) is 196 Å². The molecule has 6 rings (SSSR count). The molecule has 0 saturated carbocycles. The van der Waals surface area contributed by atoms with Crippen molar-refractivity contribution < 1.29 is 54.7 Å². The van der Waals surface area contributed by atoms with Gasteiger partial charge in [-0.2, -0.15) is 0 Å². The molecule has 12 heteroatoms. The molecule has 0 bridgehead atoms. The van der Waals surface area contributed by atoms with E-state index in [1.165, 1.54) is 50.6 Å². The first kappa shape index (κ1) is 28.1. The van der Waals surface area contributed by atoms with Crippen molar-refractivity contribution >= 4 is 10.8 Å². The van der Waals surface area contributed by atoms with Crippen molar-refractivity contribution in [2.75, 3.05) is 14.2 Å². The van der Waals surface area contributed by atoms with Crippen molar-refractivity contribution in [1.29, 1.82) is 0 Å². The average Bonchev–Trinajstić information content (AvgIpc) is 3.09. The summed E-state index contributed by atoms with van der Waals surface area (Å²) in [7, 11) is 2.85. The van der Waals surface area contributed by atoms with Gasteiger partial charge in [0.25, 0.3) is 0 Å². The molecular formula is C31H28O12. The Balaban J connectivity index is 1.58. The van der Waals surface area contributed by atoms with Gasteiger partial charge in [0, 0.05) is 68.0 Å². The second kappa shape index (κ2) is 10.3. The van der Waals surface area contributed by atoms with Crippen molar-refractivity contribution in [2.24, 2.45) is 0 Å². The molecule has 4 aromatic carbocycles. The van der Waals surface area contributed by atoms with Crippen LogP contribution in [0.25, 0.3) is 10.8 Å². The van der Waals surface area contributed by atoms with E-state index in [4.69, 9.17) is 18.9 Å². The van der Waals surface area contributed by atoms with Gasteiger partial charge in [-0.15, -0.1) is 0 Å². The van der Waals surface area contributed by atoms with Gasteiger partial charge in [-0.1, -0.05) is 0 Å². The Morgan fingerprint density at radius 1 is 0.651 bits per heavy atom. The Morgan fingerprint density at radius 3 is 1.74 bits per heavy atom. The molecule has 4 atom stereocenters. The van der Waals surface area contributed by atoms with Gasteiger partial charge in [0.05, 0.1) is 5.39 Å². The van der Waals surface area contributed by atoms with Crippen LogP contribution in [0.5, 0.6) is 51.7 Å². The number of benzene rings is 3. The minimum atomic E-state index is -1.02. The van der Waals surface area contributed by atoms with Crippen LogP contribution < -0.4 is 14.9 Å². The van der Waals surface area contributed by atoms with Gasteiger partial charge in [-0.3, -0.25) is 4.79 Å². The molecule has 0 aliphatic carbocycles. The van der Waals surface area contributed by atoms with Crippen molar-refractivity contribution in [2.45, 2.75) is 37.3 Å². The lowest BCUT2D eigenvalue weighted by Crippen LogP contribution is -2.32. The fourth-order valence-corrected chi connectivity index (χ4v) is 5.89. The van der Waals surface area contributed by atoms with Crippen LogP contribution in [0.4, 0.5) is 0 Å². The predicted molar refractivity (Wildman–Crippen MR) is 150 cm³/mol. The van der Waals surface area contributed by atoms with Crippen LogP contribution in [-0.4, -0.2) is 62.2 Å². The van der Waals surface area contributed by atoms with E-state index in [1.807, 2.05) is 0 Å². The van der Waals surface area contributed by atoms with E-state index in [1.54, 1.807) is 0 Å². The second-order valence-electron chi connectivity index (χ2n) is 10.5. The first-order valence-electron chi connectivity index (χ1n) is 13.2. The summed E-state index contributed by atoms with van der Waals surface area (Å²) >= 11 is 0. The Labute approximate surface area is 243 Å². The average molecular weight is 593 g/mol. The van der Waals surface area contributed by atoms with Crippen LogP contribution >= 0.6 is 0 Å². The summed E-state index contributed by atoms with van der Waals surface area (Å²) in [6.45, 7) is 0. The molecule has 0 spiro atoms. The highest BCUT2D eigenvalue weighted by molar-refractivity contribution is 5.94. The number of aromatic hydroxyl groups is 7. The monoisotopic (exact) mass is 592 g/mol. The lowest BCUT2D eigenvalue weighted by molar-refractivity contribution is -0.0124. The zero-order valence-corrected chi connectivity index (χ0v) is 22.9. The largest absolute Gasteiger partial charge is 0.508 e. The molecule has 2 aliphatic heterocycles. The van der Waals surface area contributed by atoms with Gasteiger partial charge in [0.1, 0.15) is 46.7 Å². The molecule has 7 N–H and O–H groups in total. The molecule has 12 nitrogen and oxygen atoms in total. The Hall–Kier alpha value is -5.07. The third-order valence-corrected chi connectivity index (χ3v) is 8.00. The van der Waals surface area contributed by atoms with Gasteiger partial charge >= 0.3 is 0 Å². The first-order valence-corrected chi connectivity index (χ1v) is 13.2. The van der Waals surface area contributed by atoms with Crippen LogP contribution in [0.1, 0.15) is 34.5 Å². The molecule has 4 aromatic rings. The van der Waals surface area contributed by atoms with Crippen molar-refractivity contribution in [1.82, 2.24) is 0 Å². The molecule has 0 radical (unpaired) electrons. The van der Waals surface area contributed by atoms with Gasteiger partial charge in [-0.25, -0.2) is 0 Å². The Bertz CT molecular complexity index is 1840. The predicted octanol–water partition coefficient (Wildman–Crippen LogP) is 3.52. The minimum Gasteiger partial charge on any atom is -0.508 e. The normalized spacial score (nSPS) is 21.0. The Kier molecular flexibility index (Phi) is 6.74. The summed E-state index contributed by atoms with van der Waals surface area (Å²) in [6.07, 6.45) is -3.19. The molecule has 0 aromatic heterocycles. The van der Waals surface area contributed by atoms with E-state index in [0.29, 0.717) is 11.1 Å². The lowest BCUT2D eigenvalue weighted by atomic mass is 9.90. The Morgan fingerprint density at radius 2 is 1.19 bits per heavy atom. The van der Waals surface area contributed by atoms with E-state index in [0.717, 1.165) is 6.07 Å². The van der Waals surface area contributed by atoms with Gasteiger partial charge in [-0.05, 0) is 29.1 Å². The molecule has 2 aliphatic rings. The molecule has 0 fully saturated rings. The molecule has 0 unspecified atom stereocenters. The number of phenolic OH excluding ortho intramolecular Hbond substituents is 6. The highest BCUT2D eigenvalue weighted by Gasteiger charge is 2.37. The van der Waals surface area contributed by atoms with E-state index >= 15 is 0 Å². The second-order valence-corrected chi connectivity index (χ2v) is 10.5. The van der Waals surface area contributed by atoms with E-state index < -0.39 is 52.5 Å². The fraction of sp³-hybridized carbons (Fsp3) is 0.258. The van der Waals surface area contributed by atoms with Crippen molar-refractivity contribution in [3.8, 4) is 51.7 Å². The number of methoxy groups -OCH3 is 2. The zero-order chi connectivity index (χ0) is 30.7. The smallest absolute Gasteiger partial charge is 0.231 e. The summed E-state index contributed by atoms with van der Waals surface area (Å²) in [6, 6.07) is 8.84. The molecule has 224 valence electrons. The highest BCUT2D eigenvalue weighted by Crippen LogP contribution is 2.48. The quantitative estimate of drug-likeness (QED) is 0.171. The SMILES string of the molecule is CO[C@@H]1Cc2c(O)cc(O)cc2O[C@@H]1c1cc(O)c(=O)c2c(O)c(O)cc([C@H]3Oc4cc(O)cc(O)c4C[C@H]3OC)c2c1. The highest BCUT2D eigenvalue weighted by atomic mass is 16.5. The number of hydrogen-bond acceptors (Lipinski definition) is 12. The number of ether oxygens (including phenoxy) is 4. The maximum Gasteiger partial charge on any atom is 0.231 e. The van der Waals surface area contributed by atoms with Crippen molar-refractivity contribution in [3.63, 3.8) is 0 Å². The van der Waals surface area contributed by atoms with Gasteiger partial charge < -0.3 is 54.7 Å². The van der Waals surface area contributed by atoms with E-state index in [2.05, 4.69) is 0 Å². The van der Waals surface area contributed by atoms with Crippen LogP contribution in [-0.2, 0) is 22.3 Å². The first-order chi connectivity index (χ1) is 20.5. The number of rotatable bonds is 4. The number of fused-ring (bicyclic) bond motifs is 3. The standard InChI is InChI=1S/C31H28O12/c1-40-25-10-17-19(34)5-13(32)7-23(17)42-30(25)12-3-15-16(9-22(37)29(39)27(15)28(38)21(36)4-12)31-26(41-2)11-18-20(35)6-14(33)8-24(18)43-31/h3-9,25-26,30-35,37,39H,10-11H2,1-2H3,(H,36,38)/t25-,26-,30-,31-/m1/s1. The number of hydrogen-bond donors (Lipinski definition) is 7. The van der Waals surface area contributed by atoms with Gasteiger partial charge in [0.15, 0.2) is 29.5 Å². The van der Waals surface area contributed by atoms with Gasteiger partial charge in [0.2, 0.25) is 5.43 Å². The molecule has 43 heavy (non-hydrogen) atoms. The van der Waals surface area contributed by atoms with Crippen LogP contribution in [0.15, 0.2) is 47.3 Å². The third-order valence-electron chi connectivity index (χ3n) is 8.00. The summed E-state index contributed by atoms with van der Waals surface area (Å²) in [5.41, 5.74) is 0.214. The molecule has 0 amide bonds. The maximum absolute atomic E-state index is 13.5. The van der Waals surface area contributed by atoms with Crippen LogP contribution in [0.2, 0.25) is 0 Å². The minimum absolute atomic E-state index is 0.0819. The summed E-state index contributed by atoms with van der Waals surface area (Å²) < 4.78 is 23.7. The summed E-state index contributed by atoms with van der Waals surface area (Å²) in [5, 5.41) is 72.9. The zero-order valence-electron chi connectivity index (χ0n) is 22.9. The fourth-order valence-electron chi connectivity index (χ4n) is 5.89. The van der Waals surface area contributed by atoms with Crippen molar-refractivity contribution in [3.05, 3.63) is 74.9 Å². The maximum atomic E-state index is 13.5. The molecule has 2 heterocycles. The lowest BCUT2D eigenvalue weighted by Gasteiger charge is -2.34. The molecule has 0 saturated heterocycles. The number of phenols is 6. The van der Waals surface area contributed by atoms with Crippen LogP contribution in [0, 0.1) is 0 Å². The molecular weight excluding hydrogens is 564 g/mol. The van der Waals surface area contributed by atoms with E-state index in [9.17, 15) is 40.5 Å².